The van der Waals surface area contributed by atoms with Crippen LogP contribution in [0.3, 0.4) is 0 Å². The normalized spacial score (nSPS) is 19.2. The van der Waals surface area contributed by atoms with Crippen molar-refractivity contribution in [1.29, 1.82) is 5.26 Å². The fourth-order valence-corrected chi connectivity index (χ4v) is 6.94. The van der Waals surface area contributed by atoms with E-state index < -0.39 is 15.7 Å². The number of ether oxygens (including phenoxy) is 1. The first kappa shape index (κ1) is 25.9. The summed E-state index contributed by atoms with van der Waals surface area (Å²) in [6.45, 7) is 4.82. The van der Waals surface area contributed by atoms with E-state index in [4.69, 9.17) is 16.3 Å². The molecule has 0 unspecified atom stereocenters. The zero-order chi connectivity index (χ0) is 26.0. The number of anilines is 1. The molecule has 0 N–H and O–H groups in total. The first-order valence-electron chi connectivity index (χ1n) is 12.5. The summed E-state index contributed by atoms with van der Waals surface area (Å²) in [7, 11) is -4.09. The van der Waals surface area contributed by atoms with Crippen LogP contribution in [0.5, 0.6) is 0 Å². The van der Waals surface area contributed by atoms with Crippen LogP contribution in [0.1, 0.15) is 31.2 Å². The van der Waals surface area contributed by atoms with Crippen molar-refractivity contribution in [2.24, 2.45) is 0 Å². The van der Waals surface area contributed by atoms with E-state index in [-0.39, 0.29) is 20.9 Å². The molecule has 2 fully saturated rings. The third-order valence-corrected chi connectivity index (χ3v) is 9.26. The molecule has 0 aliphatic carbocycles. The Kier molecular flexibility index (Phi) is 7.63. The summed E-state index contributed by atoms with van der Waals surface area (Å²) in [5.74, 6) is -0.685. The van der Waals surface area contributed by atoms with Crippen LogP contribution in [0.15, 0.2) is 52.4 Å². The van der Waals surface area contributed by atoms with Crippen molar-refractivity contribution >= 4 is 38.0 Å². The molecule has 2 saturated heterocycles. The maximum atomic E-state index is 13.9. The highest BCUT2D eigenvalue weighted by atomic mass is 35.5. The molecule has 0 bridgehead atoms. The number of hydrogen-bond acceptors (Lipinski definition) is 7. The summed E-state index contributed by atoms with van der Waals surface area (Å²) < 4.78 is 47.2. The number of sulfone groups is 1. The number of aromatic nitrogens is 1. The van der Waals surface area contributed by atoms with Gasteiger partial charge in [-0.2, -0.15) is 5.26 Å². The Morgan fingerprint density at radius 3 is 2.70 bits per heavy atom. The van der Waals surface area contributed by atoms with Gasteiger partial charge in [0.15, 0.2) is 0 Å². The summed E-state index contributed by atoms with van der Waals surface area (Å²) in [5.41, 5.74) is 1.59. The molecule has 0 radical (unpaired) electrons. The van der Waals surface area contributed by atoms with E-state index >= 15 is 0 Å². The molecule has 3 heterocycles. The predicted octanol–water partition coefficient (Wildman–Crippen LogP) is 4.81. The van der Waals surface area contributed by atoms with E-state index in [0.29, 0.717) is 28.7 Å². The topological polar surface area (TPSA) is 86.5 Å². The molecule has 7 nitrogen and oxygen atoms in total. The lowest BCUT2D eigenvalue weighted by atomic mass is 9.97. The minimum atomic E-state index is -4.09. The zero-order valence-electron chi connectivity index (χ0n) is 20.4. The van der Waals surface area contributed by atoms with Gasteiger partial charge in [0, 0.05) is 43.8 Å². The average molecular weight is 543 g/mol. The Labute approximate surface area is 221 Å². The number of halogens is 2. The van der Waals surface area contributed by atoms with Crippen LogP contribution in [0.4, 0.5) is 10.1 Å². The lowest BCUT2D eigenvalue weighted by molar-refractivity contribution is 0.0362. The molecule has 2 aliphatic heterocycles. The van der Waals surface area contributed by atoms with Gasteiger partial charge in [0.05, 0.1) is 46.0 Å². The summed E-state index contributed by atoms with van der Waals surface area (Å²) >= 11 is 5.95. The van der Waals surface area contributed by atoms with Gasteiger partial charge in [-0.25, -0.2) is 12.8 Å². The number of fused-ring (bicyclic) bond motifs is 1. The van der Waals surface area contributed by atoms with Crippen molar-refractivity contribution in [3.8, 4) is 6.07 Å². The molecule has 2 aromatic carbocycles. The minimum absolute atomic E-state index is 0.0380. The second-order valence-electron chi connectivity index (χ2n) is 9.48. The van der Waals surface area contributed by atoms with E-state index in [1.54, 1.807) is 18.2 Å². The third-order valence-electron chi connectivity index (χ3n) is 7.22. The second kappa shape index (κ2) is 10.9. The van der Waals surface area contributed by atoms with Crippen LogP contribution in [0.25, 0.3) is 10.9 Å². The number of pyridine rings is 1. The van der Waals surface area contributed by atoms with Crippen LogP contribution in [0, 0.1) is 17.1 Å². The van der Waals surface area contributed by atoms with Crippen molar-refractivity contribution in [2.45, 2.75) is 41.5 Å². The van der Waals surface area contributed by atoms with Crippen molar-refractivity contribution in [3.63, 3.8) is 0 Å². The molecule has 10 heteroatoms. The van der Waals surface area contributed by atoms with Gasteiger partial charge >= 0.3 is 0 Å². The van der Waals surface area contributed by atoms with Gasteiger partial charge in [-0.15, -0.1) is 0 Å². The fraction of sp³-hybridized carbons (Fsp3) is 0.407. The largest absolute Gasteiger partial charge is 0.379 e. The summed E-state index contributed by atoms with van der Waals surface area (Å²) in [4.78, 5) is 8.95. The van der Waals surface area contributed by atoms with Gasteiger partial charge in [-0.05, 0) is 62.1 Å². The summed E-state index contributed by atoms with van der Waals surface area (Å²) in [5, 5.41) is 9.93. The van der Waals surface area contributed by atoms with Crippen molar-refractivity contribution in [3.05, 3.63) is 59.0 Å². The standard InChI is InChI=1S/C27H28ClFN4O3S/c28-23-16-21(5-6-24(23)29)37(34,35)26-18-31-25-7-4-19(17-30)15-22(25)27(26)33-9-2-1-3-20(33)8-10-32-11-13-36-14-12-32/h4-7,15-16,18,20H,1-3,8-14H2/t20-/m0/s1. The minimum Gasteiger partial charge on any atom is -0.379 e. The van der Waals surface area contributed by atoms with Crippen LogP contribution in [-0.4, -0.2) is 63.7 Å². The van der Waals surface area contributed by atoms with Gasteiger partial charge in [0.25, 0.3) is 0 Å². The monoisotopic (exact) mass is 542 g/mol. The van der Waals surface area contributed by atoms with E-state index in [9.17, 15) is 18.1 Å². The number of benzene rings is 2. The number of nitrogens with zero attached hydrogens (tertiary/aromatic N) is 4. The maximum Gasteiger partial charge on any atom is 0.210 e. The lowest BCUT2D eigenvalue weighted by Crippen LogP contribution is -2.44. The highest BCUT2D eigenvalue weighted by molar-refractivity contribution is 7.91. The SMILES string of the molecule is N#Cc1ccc2ncc(S(=O)(=O)c3ccc(F)c(Cl)c3)c(N3CCCC[C@H]3CCN3CCOCC3)c2c1. The molecule has 0 amide bonds. The van der Waals surface area contributed by atoms with Crippen molar-refractivity contribution in [1.82, 2.24) is 9.88 Å². The Bertz CT molecular complexity index is 1450. The molecule has 0 saturated carbocycles. The van der Waals surface area contributed by atoms with Crippen molar-refractivity contribution in [2.75, 3.05) is 44.3 Å². The maximum absolute atomic E-state index is 13.9. The van der Waals surface area contributed by atoms with Crippen LogP contribution in [-0.2, 0) is 14.6 Å². The van der Waals surface area contributed by atoms with Gasteiger partial charge in [0.2, 0.25) is 9.84 Å². The number of hydrogen-bond donors (Lipinski definition) is 0. The number of morpholine rings is 1. The van der Waals surface area contributed by atoms with Gasteiger partial charge in [-0.3, -0.25) is 9.88 Å². The van der Waals surface area contributed by atoms with E-state index in [1.165, 1.54) is 12.3 Å². The Balaban J connectivity index is 1.63. The van der Waals surface area contributed by atoms with E-state index in [1.807, 2.05) is 0 Å². The van der Waals surface area contributed by atoms with Gasteiger partial charge in [0.1, 0.15) is 10.7 Å². The molecule has 5 rings (SSSR count). The molecule has 1 aromatic heterocycles. The van der Waals surface area contributed by atoms with Gasteiger partial charge in [-0.1, -0.05) is 11.6 Å². The Morgan fingerprint density at radius 2 is 1.95 bits per heavy atom. The first-order valence-corrected chi connectivity index (χ1v) is 14.3. The summed E-state index contributed by atoms with van der Waals surface area (Å²) in [6, 6.07) is 10.8. The second-order valence-corrected chi connectivity index (χ2v) is 11.8. The molecule has 37 heavy (non-hydrogen) atoms. The Hall–Kier alpha value is -2.77. The van der Waals surface area contributed by atoms with Crippen LogP contribution < -0.4 is 4.90 Å². The third kappa shape index (κ3) is 5.30. The molecular weight excluding hydrogens is 515 g/mol. The van der Waals surface area contributed by atoms with E-state index in [2.05, 4.69) is 20.9 Å². The van der Waals surface area contributed by atoms with Gasteiger partial charge < -0.3 is 9.64 Å². The molecule has 2 aliphatic rings. The molecule has 3 aromatic rings. The van der Waals surface area contributed by atoms with Crippen molar-refractivity contribution < 1.29 is 17.5 Å². The number of rotatable bonds is 6. The first-order chi connectivity index (χ1) is 17.9. The molecule has 194 valence electrons. The predicted molar refractivity (Wildman–Crippen MR) is 140 cm³/mol. The quantitative estimate of drug-likeness (QED) is 0.413. The molecular formula is C27H28ClFN4O3S. The number of nitriles is 1. The fourth-order valence-electron chi connectivity index (χ4n) is 5.25. The zero-order valence-corrected chi connectivity index (χ0v) is 21.9. The Morgan fingerprint density at radius 1 is 1.14 bits per heavy atom. The molecule has 0 spiro atoms. The molecule has 1 atom stereocenters. The summed E-state index contributed by atoms with van der Waals surface area (Å²) in [6.07, 6.45) is 5.19. The lowest BCUT2D eigenvalue weighted by Gasteiger charge is -2.40. The van der Waals surface area contributed by atoms with Crippen LogP contribution in [0.2, 0.25) is 5.02 Å². The highest BCUT2D eigenvalue weighted by Crippen LogP contribution is 2.40. The average Bonchev–Trinajstić information content (AvgIpc) is 2.93. The smallest absolute Gasteiger partial charge is 0.210 e. The highest BCUT2D eigenvalue weighted by Gasteiger charge is 2.32. The van der Waals surface area contributed by atoms with E-state index in [0.717, 1.165) is 70.7 Å². The number of piperidine rings is 1. The van der Waals surface area contributed by atoms with Crippen LogP contribution >= 0.6 is 11.6 Å².